The molecule has 1 atom stereocenters. The lowest BCUT2D eigenvalue weighted by atomic mass is 10.0. The predicted molar refractivity (Wildman–Crippen MR) is 99.4 cm³/mol. The summed E-state index contributed by atoms with van der Waals surface area (Å²) in [7, 11) is 0. The van der Waals surface area contributed by atoms with Crippen molar-refractivity contribution >= 4 is 39.6 Å². The van der Waals surface area contributed by atoms with Gasteiger partial charge in [-0.1, -0.05) is 18.2 Å². The highest BCUT2D eigenvalue weighted by atomic mass is 16.4. The van der Waals surface area contributed by atoms with E-state index in [2.05, 4.69) is 10.3 Å². The fourth-order valence-electron chi connectivity index (χ4n) is 2.92. The summed E-state index contributed by atoms with van der Waals surface area (Å²) in [6, 6.07) is 10.3. The van der Waals surface area contributed by atoms with Crippen LogP contribution in [0.1, 0.15) is 23.2 Å². The molecule has 0 saturated heterocycles. The molecule has 27 heavy (non-hydrogen) atoms. The van der Waals surface area contributed by atoms with Gasteiger partial charge in [0.15, 0.2) is 5.43 Å². The number of benzene rings is 2. The number of hydrogen-bond donors (Lipinski definition) is 4. The van der Waals surface area contributed by atoms with E-state index in [0.29, 0.717) is 21.8 Å². The Morgan fingerprint density at radius 2 is 1.78 bits per heavy atom. The average molecular weight is 367 g/mol. The van der Waals surface area contributed by atoms with Gasteiger partial charge in [-0.2, -0.15) is 0 Å². The first kappa shape index (κ1) is 18.1. The number of amides is 2. The Balaban J connectivity index is 2.03. The van der Waals surface area contributed by atoms with Crippen LogP contribution in [-0.2, 0) is 9.59 Å². The van der Waals surface area contributed by atoms with Crippen LogP contribution in [0.15, 0.2) is 47.3 Å². The van der Waals surface area contributed by atoms with Gasteiger partial charge >= 0.3 is 5.97 Å². The minimum Gasteiger partial charge on any atom is -0.480 e. The van der Waals surface area contributed by atoms with Crippen molar-refractivity contribution in [2.45, 2.75) is 18.9 Å². The summed E-state index contributed by atoms with van der Waals surface area (Å²) < 4.78 is 0. The van der Waals surface area contributed by atoms with Gasteiger partial charge in [-0.15, -0.1) is 0 Å². The third kappa shape index (κ3) is 3.64. The summed E-state index contributed by atoms with van der Waals surface area (Å²) in [5, 5.41) is 12.5. The number of carbonyl (C=O) groups is 3. The first-order valence-corrected chi connectivity index (χ1v) is 8.24. The highest BCUT2D eigenvalue weighted by Gasteiger charge is 2.22. The molecule has 1 heterocycles. The first-order chi connectivity index (χ1) is 12.9. The molecule has 138 valence electrons. The Bertz CT molecular complexity index is 1120. The number of aromatic nitrogens is 1. The van der Waals surface area contributed by atoms with Gasteiger partial charge in [-0.05, 0) is 30.7 Å². The lowest BCUT2D eigenvalue weighted by Gasteiger charge is -2.15. The summed E-state index contributed by atoms with van der Waals surface area (Å²) in [5.74, 6) is -2.59. The van der Waals surface area contributed by atoms with Crippen molar-refractivity contribution in [2.24, 2.45) is 5.73 Å². The van der Waals surface area contributed by atoms with E-state index in [4.69, 9.17) is 5.73 Å². The van der Waals surface area contributed by atoms with Crippen molar-refractivity contribution in [1.29, 1.82) is 0 Å². The van der Waals surface area contributed by atoms with Crippen LogP contribution >= 0.6 is 0 Å². The minimum absolute atomic E-state index is 0.124. The molecule has 3 rings (SSSR count). The standard InChI is InChI=1S/C19H17N3O5/c20-15(23)9-8-14(19(26)27)22-18(25)12-6-3-5-11-16(12)21-13-7-2-1-4-10(13)17(11)24/h1-7,14H,8-9H2,(H2,20,23)(H,21,24)(H,22,25)(H,26,27). The number of nitrogens with one attached hydrogen (secondary N) is 2. The molecule has 2 aromatic carbocycles. The zero-order valence-corrected chi connectivity index (χ0v) is 14.2. The van der Waals surface area contributed by atoms with E-state index in [0.717, 1.165) is 0 Å². The zero-order valence-electron chi connectivity index (χ0n) is 14.2. The number of H-pyrrole nitrogens is 1. The van der Waals surface area contributed by atoms with E-state index in [1.165, 1.54) is 6.07 Å². The van der Waals surface area contributed by atoms with Crippen LogP contribution in [-0.4, -0.2) is 33.9 Å². The monoisotopic (exact) mass is 367 g/mol. The number of aromatic amines is 1. The maximum Gasteiger partial charge on any atom is 0.326 e. The molecule has 0 aliphatic rings. The van der Waals surface area contributed by atoms with Crippen LogP contribution in [0.25, 0.3) is 21.8 Å². The second-order valence-electron chi connectivity index (χ2n) is 6.10. The second kappa shape index (κ2) is 7.28. The van der Waals surface area contributed by atoms with Gasteiger partial charge in [0.25, 0.3) is 5.91 Å². The Morgan fingerprint density at radius 3 is 2.48 bits per heavy atom. The lowest BCUT2D eigenvalue weighted by Crippen LogP contribution is -2.41. The summed E-state index contributed by atoms with van der Waals surface area (Å²) in [5.41, 5.74) is 5.84. The number of pyridine rings is 1. The lowest BCUT2D eigenvalue weighted by molar-refractivity contribution is -0.139. The second-order valence-corrected chi connectivity index (χ2v) is 6.10. The van der Waals surface area contributed by atoms with E-state index >= 15 is 0 Å². The van der Waals surface area contributed by atoms with Crippen LogP contribution in [0.3, 0.4) is 0 Å². The SMILES string of the molecule is NC(=O)CCC(NC(=O)c1cccc2c(=O)c3ccccc3[nH]c12)C(=O)O. The number of hydrogen-bond acceptors (Lipinski definition) is 4. The summed E-state index contributed by atoms with van der Waals surface area (Å²) in [6.45, 7) is 0. The summed E-state index contributed by atoms with van der Waals surface area (Å²) in [4.78, 5) is 50.6. The fraction of sp³-hybridized carbons (Fsp3) is 0.158. The molecule has 0 saturated carbocycles. The number of carboxylic acids is 1. The quantitative estimate of drug-likeness (QED) is 0.483. The highest BCUT2D eigenvalue weighted by molar-refractivity contribution is 6.08. The Kier molecular flexibility index (Phi) is 4.89. The largest absolute Gasteiger partial charge is 0.480 e. The van der Waals surface area contributed by atoms with Crippen molar-refractivity contribution in [3.05, 3.63) is 58.3 Å². The minimum atomic E-state index is -1.27. The number of carboxylic acid groups (broad SMARTS) is 1. The highest BCUT2D eigenvalue weighted by Crippen LogP contribution is 2.18. The topological polar surface area (TPSA) is 142 Å². The first-order valence-electron chi connectivity index (χ1n) is 8.24. The normalized spacial score (nSPS) is 12.0. The van der Waals surface area contributed by atoms with Gasteiger partial charge in [-0.3, -0.25) is 14.4 Å². The number of fused-ring (bicyclic) bond motifs is 2. The molecular formula is C19H17N3O5. The van der Waals surface area contributed by atoms with Gasteiger partial charge in [0, 0.05) is 22.7 Å². The van der Waals surface area contributed by atoms with Crippen molar-refractivity contribution in [3.8, 4) is 0 Å². The molecule has 1 unspecified atom stereocenters. The maximum atomic E-state index is 12.7. The molecule has 0 bridgehead atoms. The van der Waals surface area contributed by atoms with Crippen LogP contribution in [0.5, 0.6) is 0 Å². The van der Waals surface area contributed by atoms with Crippen molar-refractivity contribution in [2.75, 3.05) is 0 Å². The van der Waals surface area contributed by atoms with Crippen molar-refractivity contribution in [1.82, 2.24) is 10.3 Å². The molecule has 3 aromatic rings. The molecular weight excluding hydrogens is 350 g/mol. The van der Waals surface area contributed by atoms with Crippen molar-refractivity contribution in [3.63, 3.8) is 0 Å². The van der Waals surface area contributed by atoms with Gasteiger partial charge < -0.3 is 21.1 Å². The van der Waals surface area contributed by atoms with Crippen molar-refractivity contribution < 1.29 is 19.5 Å². The molecule has 0 radical (unpaired) electrons. The van der Waals surface area contributed by atoms with Crippen LogP contribution in [0.4, 0.5) is 0 Å². The number of primary amides is 1. The Morgan fingerprint density at radius 1 is 1.07 bits per heavy atom. The predicted octanol–water partition coefficient (Wildman–Crippen LogP) is 1.13. The molecule has 8 heteroatoms. The molecule has 0 fully saturated rings. The number of para-hydroxylation sites is 2. The van der Waals surface area contributed by atoms with E-state index < -0.39 is 23.8 Å². The van der Waals surface area contributed by atoms with E-state index in [1.807, 2.05) is 0 Å². The van der Waals surface area contributed by atoms with E-state index in [1.54, 1.807) is 36.4 Å². The smallest absolute Gasteiger partial charge is 0.326 e. The maximum absolute atomic E-state index is 12.7. The van der Waals surface area contributed by atoms with Gasteiger partial charge in [0.1, 0.15) is 6.04 Å². The summed E-state index contributed by atoms with van der Waals surface area (Å²) in [6.07, 6.45) is -0.297. The summed E-state index contributed by atoms with van der Waals surface area (Å²) >= 11 is 0. The number of rotatable bonds is 6. The molecule has 8 nitrogen and oxygen atoms in total. The third-order valence-corrected chi connectivity index (χ3v) is 4.27. The molecule has 0 aliphatic carbocycles. The number of aliphatic carboxylic acids is 1. The molecule has 0 spiro atoms. The van der Waals surface area contributed by atoms with Gasteiger partial charge in [0.2, 0.25) is 5.91 Å². The van der Waals surface area contributed by atoms with Crippen LogP contribution < -0.4 is 16.5 Å². The molecule has 0 aliphatic heterocycles. The fourth-order valence-corrected chi connectivity index (χ4v) is 2.92. The zero-order chi connectivity index (χ0) is 19.6. The number of nitrogens with two attached hydrogens (primary N) is 1. The van der Waals surface area contributed by atoms with Crippen LogP contribution in [0.2, 0.25) is 0 Å². The van der Waals surface area contributed by atoms with E-state index in [-0.39, 0.29) is 23.8 Å². The Hall–Kier alpha value is -3.68. The van der Waals surface area contributed by atoms with E-state index in [9.17, 15) is 24.3 Å². The molecule has 1 aromatic heterocycles. The van der Waals surface area contributed by atoms with Gasteiger partial charge in [-0.25, -0.2) is 4.79 Å². The molecule has 5 N–H and O–H groups in total. The van der Waals surface area contributed by atoms with Crippen LogP contribution in [0, 0.1) is 0 Å². The number of carbonyl (C=O) groups excluding carboxylic acids is 2. The molecule has 2 amide bonds. The van der Waals surface area contributed by atoms with Gasteiger partial charge in [0.05, 0.1) is 11.1 Å². The Labute approximate surface area is 153 Å². The average Bonchev–Trinajstić information content (AvgIpc) is 2.64. The third-order valence-electron chi connectivity index (χ3n) is 4.27.